The van der Waals surface area contributed by atoms with Crippen LogP contribution in [0.1, 0.15) is 27.3 Å². The van der Waals surface area contributed by atoms with Crippen molar-refractivity contribution < 1.29 is 4.79 Å². The van der Waals surface area contributed by atoms with Crippen LogP contribution >= 0.6 is 11.8 Å². The molecule has 4 nitrogen and oxygen atoms in total. The van der Waals surface area contributed by atoms with E-state index in [0.717, 1.165) is 21.9 Å². The van der Waals surface area contributed by atoms with Crippen molar-refractivity contribution in [1.29, 1.82) is 0 Å². The van der Waals surface area contributed by atoms with Crippen molar-refractivity contribution in [1.82, 2.24) is 15.0 Å². The van der Waals surface area contributed by atoms with E-state index in [2.05, 4.69) is 27.9 Å². The fraction of sp³-hybridized carbons (Fsp3) is 0.0952. The Labute approximate surface area is 155 Å². The molecule has 4 aromatic rings. The zero-order chi connectivity index (χ0) is 17.9. The van der Waals surface area contributed by atoms with E-state index in [0.29, 0.717) is 16.9 Å². The molecule has 0 aliphatic heterocycles. The number of ketones is 1. The SMILES string of the molecule is Cc1ccnc(SCc2nc3cc(C(=O)c4ccccc4)ccc3[nH]2)c1. The maximum atomic E-state index is 12.6. The lowest BCUT2D eigenvalue weighted by Crippen LogP contribution is -2.00. The molecular formula is C21H17N3OS. The van der Waals surface area contributed by atoms with E-state index in [4.69, 9.17) is 0 Å². The second-order valence-electron chi connectivity index (χ2n) is 6.07. The predicted octanol–water partition coefficient (Wildman–Crippen LogP) is 4.79. The number of hydrogen-bond donors (Lipinski definition) is 1. The molecule has 2 aromatic heterocycles. The largest absolute Gasteiger partial charge is 0.341 e. The lowest BCUT2D eigenvalue weighted by atomic mass is 10.0. The highest BCUT2D eigenvalue weighted by atomic mass is 32.2. The van der Waals surface area contributed by atoms with Gasteiger partial charge in [-0.25, -0.2) is 9.97 Å². The number of carbonyl (C=O) groups excluding carboxylic acids is 1. The van der Waals surface area contributed by atoms with Crippen LogP contribution in [0.2, 0.25) is 0 Å². The Morgan fingerprint density at radius 3 is 2.69 bits per heavy atom. The van der Waals surface area contributed by atoms with E-state index in [1.165, 1.54) is 5.56 Å². The van der Waals surface area contributed by atoms with Gasteiger partial charge in [0.25, 0.3) is 0 Å². The molecule has 0 amide bonds. The van der Waals surface area contributed by atoms with Crippen molar-refractivity contribution in [2.75, 3.05) is 0 Å². The van der Waals surface area contributed by atoms with Crippen molar-refractivity contribution in [3.05, 3.63) is 89.4 Å². The normalized spacial score (nSPS) is 11.0. The minimum atomic E-state index is 0.00962. The number of imidazole rings is 1. The van der Waals surface area contributed by atoms with Gasteiger partial charge < -0.3 is 4.98 Å². The highest BCUT2D eigenvalue weighted by molar-refractivity contribution is 7.98. The molecule has 5 heteroatoms. The van der Waals surface area contributed by atoms with Crippen molar-refractivity contribution in [2.24, 2.45) is 0 Å². The van der Waals surface area contributed by atoms with Crippen LogP contribution in [0.25, 0.3) is 11.0 Å². The van der Waals surface area contributed by atoms with E-state index in [-0.39, 0.29) is 5.78 Å². The van der Waals surface area contributed by atoms with Crippen molar-refractivity contribution >= 4 is 28.6 Å². The van der Waals surface area contributed by atoms with Crippen LogP contribution in [0, 0.1) is 6.92 Å². The Kier molecular flexibility index (Phi) is 4.54. The summed E-state index contributed by atoms with van der Waals surface area (Å²) in [5, 5.41) is 0.977. The summed E-state index contributed by atoms with van der Waals surface area (Å²) in [7, 11) is 0. The van der Waals surface area contributed by atoms with Gasteiger partial charge in [0.1, 0.15) is 5.82 Å². The lowest BCUT2D eigenvalue weighted by molar-refractivity contribution is 0.103. The molecule has 0 fully saturated rings. The Morgan fingerprint density at radius 1 is 1.04 bits per heavy atom. The average Bonchev–Trinajstić information content (AvgIpc) is 3.08. The predicted molar refractivity (Wildman–Crippen MR) is 105 cm³/mol. The molecule has 26 heavy (non-hydrogen) atoms. The van der Waals surface area contributed by atoms with Gasteiger partial charge >= 0.3 is 0 Å². The van der Waals surface area contributed by atoms with Crippen LogP contribution in [-0.4, -0.2) is 20.7 Å². The van der Waals surface area contributed by atoms with Gasteiger partial charge in [-0.1, -0.05) is 42.1 Å². The molecule has 0 aliphatic rings. The molecule has 0 bridgehead atoms. The molecule has 2 aromatic carbocycles. The maximum Gasteiger partial charge on any atom is 0.193 e. The maximum absolute atomic E-state index is 12.6. The van der Waals surface area contributed by atoms with Crippen molar-refractivity contribution in [3.63, 3.8) is 0 Å². The number of fused-ring (bicyclic) bond motifs is 1. The smallest absolute Gasteiger partial charge is 0.193 e. The van der Waals surface area contributed by atoms with Gasteiger partial charge in [-0.15, -0.1) is 0 Å². The number of nitrogens with zero attached hydrogens (tertiary/aromatic N) is 2. The second kappa shape index (κ2) is 7.14. The van der Waals surface area contributed by atoms with Crippen LogP contribution in [-0.2, 0) is 5.75 Å². The topological polar surface area (TPSA) is 58.6 Å². The Bertz CT molecular complexity index is 1070. The Hall–Kier alpha value is -2.92. The number of carbonyl (C=O) groups is 1. The first-order valence-electron chi connectivity index (χ1n) is 8.33. The monoisotopic (exact) mass is 359 g/mol. The number of thioether (sulfide) groups is 1. The highest BCUT2D eigenvalue weighted by Crippen LogP contribution is 2.23. The molecular weight excluding hydrogens is 342 g/mol. The van der Waals surface area contributed by atoms with Gasteiger partial charge in [-0.2, -0.15) is 0 Å². The molecule has 128 valence electrons. The molecule has 0 aliphatic carbocycles. The third-order valence-corrected chi connectivity index (χ3v) is 5.01. The quantitative estimate of drug-likeness (QED) is 0.411. The number of rotatable bonds is 5. The first kappa shape index (κ1) is 16.5. The van der Waals surface area contributed by atoms with Gasteiger partial charge in [0, 0.05) is 17.3 Å². The first-order chi connectivity index (χ1) is 12.7. The van der Waals surface area contributed by atoms with Crippen LogP contribution < -0.4 is 0 Å². The van der Waals surface area contributed by atoms with Gasteiger partial charge in [0.05, 0.1) is 21.8 Å². The number of hydrogen-bond acceptors (Lipinski definition) is 4. The van der Waals surface area contributed by atoms with E-state index in [9.17, 15) is 4.79 Å². The van der Waals surface area contributed by atoms with Gasteiger partial charge in [-0.3, -0.25) is 4.79 Å². The average molecular weight is 359 g/mol. The Balaban J connectivity index is 1.55. The summed E-state index contributed by atoms with van der Waals surface area (Å²) in [5.74, 6) is 1.58. The number of aromatic nitrogens is 3. The molecule has 1 N–H and O–H groups in total. The molecule has 4 rings (SSSR count). The summed E-state index contributed by atoms with van der Waals surface area (Å²) >= 11 is 1.64. The third-order valence-electron chi connectivity index (χ3n) is 4.08. The molecule has 0 spiro atoms. The van der Waals surface area contributed by atoms with Crippen LogP contribution in [0.3, 0.4) is 0 Å². The highest BCUT2D eigenvalue weighted by Gasteiger charge is 2.11. The number of pyridine rings is 1. The Morgan fingerprint density at radius 2 is 1.88 bits per heavy atom. The summed E-state index contributed by atoms with van der Waals surface area (Å²) in [5.41, 5.74) is 4.26. The number of nitrogens with one attached hydrogen (secondary N) is 1. The van der Waals surface area contributed by atoms with Gasteiger partial charge in [0.2, 0.25) is 0 Å². The summed E-state index contributed by atoms with van der Waals surface area (Å²) < 4.78 is 0. The van der Waals surface area contributed by atoms with Gasteiger partial charge in [-0.05, 0) is 42.8 Å². The minimum Gasteiger partial charge on any atom is -0.341 e. The molecule has 0 unspecified atom stereocenters. The second-order valence-corrected chi connectivity index (χ2v) is 7.07. The molecule has 0 saturated heterocycles. The van der Waals surface area contributed by atoms with Gasteiger partial charge in [0.15, 0.2) is 5.78 Å². The summed E-state index contributed by atoms with van der Waals surface area (Å²) in [6, 6.07) is 18.9. The number of H-pyrrole nitrogens is 1. The van der Waals surface area contributed by atoms with Crippen LogP contribution in [0.5, 0.6) is 0 Å². The van der Waals surface area contributed by atoms with Crippen molar-refractivity contribution in [3.8, 4) is 0 Å². The van der Waals surface area contributed by atoms with E-state index < -0.39 is 0 Å². The number of aryl methyl sites for hydroxylation is 1. The first-order valence-corrected chi connectivity index (χ1v) is 9.31. The summed E-state index contributed by atoms with van der Waals surface area (Å²) in [6.07, 6.45) is 1.82. The van der Waals surface area contributed by atoms with Crippen molar-refractivity contribution in [2.45, 2.75) is 17.7 Å². The molecule has 0 saturated carbocycles. The zero-order valence-electron chi connectivity index (χ0n) is 14.3. The van der Waals surface area contributed by atoms with E-state index in [1.807, 2.05) is 60.8 Å². The fourth-order valence-corrected chi connectivity index (χ4v) is 3.58. The van der Waals surface area contributed by atoms with E-state index in [1.54, 1.807) is 11.8 Å². The van der Waals surface area contributed by atoms with E-state index >= 15 is 0 Å². The number of benzene rings is 2. The minimum absolute atomic E-state index is 0.00962. The summed E-state index contributed by atoms with van der Waals surface area (Å²) in [6.45, 7) is 2.05. The standard InChI is InChI=1S/C21H17N3OS/c1-14-9-10-22-20(11-14)26-13-19-23-17-8-7-16(12-18(17)24-19)21(25)15-5-3-2-4-6-15/h2-12H,13H2,1H3,(H,23,24). The molecule has 0 radical (unpaired) electrons. The summed E-state index contributed by atoms with van der Waals surface area (Å²) in [4.78, 5) is 24.9. The van der Waals surface area contributed by atoms with Crippen LogP contribution in [0.4, 0.5) is 0 Å². The fourth-order valence-electron chi connectivity index (χ4n) is 2.75. The number of aromatic amines is 1. The van der Waals surface area contributed by atoms with Crippen LogP contribution in [0.15, 0.2) is 71.9 Å². The lowest BCUT2D eigenvalue weighted by Gasteiger charge is -2.00. The molecule has 0 atom stereocenters. The molecule has 2 heterocycles. The zero-order valence-corrected chi connectivity index (χ0v) is 15.1. The third kappa shape index (κ3) is 3.53.